The number of carbonyl (C=O) groups is 1. The van der Waals surface area contributed by atoms with E-state index in [0.29, 0.717) is 11.3 Å². The second-order valence-electron chi connectivity index (χ2n) is 5.54. The standard InChI is InChI=1S/C18H19NO3/c1-12(13-7-3-2-4-8-13)18(21)19-15-11-22-16-10-6-5-9-14(16)17(15)20/h2-10,12,15,17,20H,11H2,1H3,(H,19,21)/t12?,15-,17+/m1/s1. The van der Waals surface area contributed by atoms with E-state index in [-0.39, 0.29) is 18.4 Å². The minimum absolute atomic E-state index is 0.113. The minimum atomic E-state index is -0.753. The highest BCUT2D eigenvalue weighted by Crippen LogP contribution is 2.31. The lowest BCUT2D eigenvalue weighted by Gasteiger charge is -2.31. The maximum Gasteiger partial charge on any atom is 0.227 e. The fourth-order valence-electron chi connectivity index (χ4n) is 2.67. The zero-order valence-electron chi connectivity index (χ0n) is 12.4. The average molecular weight is 297 g/mol. The monoisotopic (exact) mass is 297 g/mol. The molecule has 0 saturated heterocycles. The molecule has 4 nitrogen and oxygen atoms in total. The van der Waals surface area contributed by atoms with Crippen LogP contribution in [0, 0.1) is 0 Å². The zero-order valence-corrected chi connectivity index (χ0v) is 12.4. The van der Waals surface area contributed by atoms with E-state index in [1.54, 1.807) is 0 Å². The highest BCUT2D eigenvalue weighted by Gasteiger charge is 2.31. The van der Waals surface area contributed by atoms with Gasteiger partial charge in [0.05, 0.1) is 12.0 Å². The van der Waals surface area contributed by atoms with Gasteiger partial charge in [0.1, 0.15) is 18.5 Å². The average Bonchev–Trinajstić information content (AvgIpc) is 2.57. The zero-order chi connectivity index (χ0) is 15.5. The smallest absolute Gasteiger partial charge is 0.227 e. The van der Waals surface area contributed by atoms with Gasteiger partial charge >= 0.3 is 0 Å². The number of amides is 1. The van der Waals surface area contributed by atoms with Crippen LogP contribution in [0.25, 0.3) is 0 Å². The van der Waals surface area contributed by atoms with Crippen molar-refractivity contribution in [1.82, 2.24) is 5.32 Å². The summed E-state index contributed by atoms with van der Waals surface area (Å²) in [5, 5.41) is 13.3. The third-order valence-corrected chi connectivity index (χ3v) is 4.06. The first-order chi connectivity index (χ1) is 10.7. The number of fused-ring (bicyclic) bond motifs is 1. The second kappa shape index (κ2) is 6.20. The van der Waals surface area contributed by atoms with E-state index < -0.39 is 12.1 Å². The molecule has 0 radical (unpaired) electrons. The van der Waals surface area contributed by atoms with Crippen LogP contribution < -0.4 is 10.1 Å². The Labute approximate surface area is 129 Å². The maximum absolute atomic E-state index is 12.4. The SMILES string of the molecule is CC(C(=O)N[C@@H]1COc2ccccc2[C@@H]1O)c1ccccc1. The van der Waals surface area contributed by atoms with Crippen LogP contribution >= 0.6 is 0 Å². The molecule has 2 N–H and O–H groups in total. The number of aliphatic hydroxyl groups is 1. The Morgan fingerprint density at radius 1 is 1.18 bits per heavy atom. The van der Waals surface area contributed by atoms with Gasteiger partial charge in [0.25, 0.3) is 0 Å². The first-order valence-electron chi connectivity index (χ1n) is 7.42. The summed E-state index contributed by atoms with van der Waals surface area (Å²) in [5.41, 5.74) is 1.66. The Morgan fingerprint density at radius 3 is 2.64 bits per heavy atom. The Morgan fingerprint density at radius 2 is 1.86 bits per heavy atom. The molecule has 2 aromatic carbocycles. The number of para-hydroxylation sites is 1. The van der Waals surface area contributed by atoms with E-state index in [9.17, 15) is 9.90 Å². The predicted octanol–water partition coefficient (Wildman–Crippen LogP) is 2.40. The summed E-state index contributed by atoms with van der Waals surface area (Å²) in [6.45, 7) is 2.13. The molecule has 0 aromatic heterocycles. The van der Waals surface area contributed by atoms with Crippen molar-refractivity contribution in [3.63, 3.8) is 0 Å². The van der Waals surface area contributed by atoms with Crippen molar-refractivity contribution >= 4 is 5.91 Å². The van der Waals surface area contributed by atoms with E-state index >= 15 is 0 Å². The van der Waals surface area contributed by atoms with Gasteiger partial charge < -0.3 is 15.2 Å². The molecule has 114 valence electrons. The largest absolute Gasteiger partial charge is 0.491 e. The number of ether oxygens (including phenoxy) is 1. The van der Waals surface area contributed by atoms with E-state index in [4.69, 9.17) is 4.74 Å². The van der Waals surface area contributed by atoms with Crippen LogP contribution in [0.1, 0.15) is 30.1 Å². The number of aliphatic hydroxyl groups excluding tert-OH is 1. The predicted molar refractivity (Wildman–Crippen MR) is 83.7 cm³/mol. The van der Waals surface area contributed by atoms with Gasteiger partial charge in [0.15, 0.2) is 0 Å². The third kappa shape index (κ3) is 2.83. The number of hydrogen-bond donors (Lipinski definition) is 2. The van der Waals surface area contributed by atoms with Crippen molar-refractivity contribution < 1.29 is 14.6 Å². The summed E-state index contributed by atoms with van der Waals surface area (Å²) < 4.78 is 5.62. The summed E-state index contributed by atoms with van der Waals surface area (Å²) >= 11 is 0. The normalized spacial score (nSPS) is 21.4. The summed E-state index contributed by atoms with van der Waals surface area (Å²) in [7, 11) is 0. The van der Waals surface area contributed by atoms with Gasteiger partial charge in [-0.1, -0.05) is 48.5 Å². The second-order valence-corrected chi connectivity index (χ2v) is 5.54. The topological polar surface area (TPSA) is 58.6 Å². The molecule has 22 heavy (non-hydrogen) atoms. The minimum Gasteiger partial charge on any atom is -0.491 e. The van der Waals surface area contributed by atoms with Crippen molar-refractivity contribution in [3.05, 3.63) is 65.7 Å². The lowest BCUT2D eigenvalue weighted by Crippen LogP contribution is -2.46. The van der Waals surface area contributed by atoms with Crippen LogP contribution in [-0.2, 0) is 4.79 Å². The van der Waals surface area contributed by atoms with Crippen LogP contribution in [0.5, 0.6) is 5.75 Å². The van der Waals surface area contributed by atoms with Crippen molar-refractivity contribution in [2.45, 2.75) is 25.0 Å². The number of rotatable bonds is 3. The fourth-order valence-corrected chi connectivity index (χ4v) is 2.67. The van der Waals surface area contributed by atoms with Gasteiger partial charge in [-0.3, -0.25) is 4.79 Å². The highest BCUT2D eigenvalue weighted by molar-refractivity contribution is 5.83. The molecule has 0 fully saturated rings. The number of benzene rings is 2. The van der Waals surface area contributed by atoms with E-state index in [0.717, 1.165) is 5.56 Å². The molecular formula is C18H19NO3. The van der Waals surface area contributed by atoms with Gasteiger partial charge in [0.2, 0.25) is 5.91 Å². The van der Waals surface area contributed by atoms with E-state index in [1.165, 1.54) is 0 Å². The van der Waals surface area contributed by atoms with E-state index in [2.05, 4.69) is 5.32 Å². The van der Waals surface area contributed by atoms with Gasteiger partial charge in [-0.2, -0.15) is 0 Å². The Kier molecular flexibility index (Phi) is 4.11. The molecule has 0 bridgehead atoms. The quantitative estimate of drug-likeness (QED) is 0.914. The third-order valence-electron chi connectivity index (χ3n) is 4.06. The number of nitrogens with one attached hydrogen (secondary N) is 1. The molecule has 1 heterocycles. The molecule has 0 aliphatic carbocycles. The molecular weight excluding hydrogens is 278 g/mol. The summed E-state index contributed by atoms with van der Waals surface area (Å²) in [6, 6.07) is 16.5. The van der Waals surface area contributed by atoms with Crippen LogP contribution in [-0.4, -0.2) is 23.7 Å². The summed E-state index contributed by atoms with van der Waals surface area (Å²) in [6.07, 6.45) is -0.753. The first-order valence-corrected chi connectivity index (χ1v) is 7.42. The number of hydrogen-bond acceptors (Lipinski definition) is 3. The summed E-state index contributed by atoms with van der Waals surface area (Å²) in [4.78, 5) is 12.4. The lowest BCUT2D eigenvalue weighted by atomic mass is 9.96. The highest BCUT2D eigenvalue weighted by atomic mass is 16.5. The summed E-state index contributed by atoms with van der Waals surface area (Å²) in [5.74, 6) is 0.292. The van der Waals surface area contributed by atoms with E-state index in [1.807, 2.05) is 61.5 Å². The molecule has 2 aromatic rings. The molecule has 1 unspecified atom stereocenters. The Hall–Kier alpha value is -2.33. The van der Waals surface area contributed by atoms with Crippen LogP contribution in [0.3, 0.4) is 0 Å². The molecule has 1 amide bonds. The van der Waals surface area contributed by atoms with Crippen molar-refractivity contribution in [2.24, 2.45) is 0 Å². The molecule has 1 aliphatic rings. The van der Waals surface area contributed by atoms with Gasteiger partial charge in [-0.25, -0.2) is 0 Å². The van der Waals surface area contributed by atoms with Crippen molar-refractivity contribution in [2.75, 3.05) is 6.61 Å². The lowest BCUT2D eigenvalue weighted by molar-refractivity contribution is -0.124. The van der Waals surface area contributed by atoms with Crippen LogP contribution in [0.2, 0.25) is 0 Å². The Balaban J connectivity index is 1.70. The fraction of sp³-hybridized carbons (Fsp3) is 0.278. The molecule has 1 aliphatic heterocycles. The van der Waals surface area contributed by atoms with Gasteiger partial charge in [-0.05, 0) is 18.6 Å². The Bertz CT molecular complexity index is 656. The number of carbonyl (C=O) groups excluding carboxylic acids is 1. The van der Waals surface area contributed by atoms with Crippen molar-refractivity contribution in [1.29, 1.82) is 0 Å². The van der Waals surface area contributed by atoms with Crippen molar-refractivity contribution in [3.8, 4) is 5.75 Å². The van der Waals surface area contributed by atoms with Gasteiger partial charge in [-0.15, -0.1) is 0 Å². The van der Waals surface area contributed by atoms with Gasteiger partial charge in [0, 0.05) is 5.56 Å². The molecule has 0 spiro atoms. The maximum atomic E-state index is 12.4. The first kappa shape index (κ1) is 14.6. The van der Waals surface area contributed by atoms with Crippen LogP contribution in [0.4, 0.5) is 0 Å². The molecule has 4 heteroatoms. The molecule has 3 rings (SSSR count). The van der Waals surface area contributed by atoms with Crippen LogP contribution in [0.15, 0.2) is 54.6 Å². The molecule has 3 atom stereocenters. The molecule has 0 saturated carbocycles.